The Labute approximate surface area is 98.0 Å². The van der Waals surface area contributed by atoms with Crippen LogP contribution in [-0.2, 0) is 4.74 Å². The van der Waals surface area contributed by atoms with Crippen LogP contribution in [0, 0.1) is 0 Å². The fraction of sp³-hybridized carbons (Fsp3) is 1.00. The lowest BCUT2D eigenvalue weighted by Crippen LogP contribution is -2.47. The molecule has 0 aromatic rings. The summed E-state index contributed by atoms with van der Waals surface area (Å²) in [5.74, 6) is 0. The molecule has 2 saturated heterocycles. The van der Waals surface area contributed by atoms with E-state index in [0.717, 1.165) is 19.6 Å². The van der Waals surface area contributed by atoms with Crippen LogP contribution < -0.4 is 5.32 Å². The third kappa shape index (κ3) is 3.42. The molecule has 2 rings (SSSR count). The number of ether oxygens (including phenoxy) is 1. The van der Waals surface area contributed by atoms with Gasteiger partial charge in [0, 0.05) is 32.2 Å². The second-order valence-corrected chi connectivity index (χ2v) is 5.39. The Bertz CT molecular complexity index is 211. The van der Waals surface area contributed by atoms with Crippen LogP contribution in [0.1, 0.15) is 26.7 Å². The number of hydrogen-bond donors (Lipinski definition) is 2. The zero-order valence-electron chi connectivity index (χ0n) is 10.4. The molecule has 4 heteroatoms. The molecule has 0 spiro atoms. The molecular formula is C12H24N2O2. The molecule has 0 amide bonds. The van der Waals surface area contributed by atoms with E-state index < -0.39 is 0 Å². The van der Waals surface area contributed by atoms with E-state index in [1.54, 1.807) is 0 Å². The summed E-state index contributed by atoms with van der Waals surface area (Å²) in [6, 6.07) is 0.440. The monoisotopic (exact) mass is 228 g/mol. The van der Waals surface area contributed by atoms with Crippen molar-refractivity contribution < 1.29 is 9.84 Å². The third-order valence-corrected chi connectivity index (χ3v) is 3.35. The number of β-amino-alcohol motifs (C(OH)–C–C–N with tert-alkyl or cyclic N) is 1. The second-order valence-electron chi connectivity index (χ2n) is 5.39. The van der Waals surface area contributed by atoms with E-state index in [1.165, 1.54) is 12.8 Å². The molecule has 0 saturated carbocycles. The van der Waals surface area contributed by atoms with Crippen LogP contribution in [0.15, 0.2) is 0 Å². The Balaban J connectivity index is 1.69. The molecule has 0 aliphatic carbocycles. The standard InChI is InChI=1S/C12H24N2O2/c1-9(2)13-5-10(15)6-14-7-11-3-4-12(8-14)16-11/h9-13,15H,3-8H2,1-2H3. The van der Waals surface area contributed by atoms with E-state index in [2.05, 4.69) is 24.1 Å². The SMILES string of the molecule is CC(C)NCC(O)CN1CC2CCC(C1)O2. The van der Waals surface area contributed by atoms with Crippen molar-refractivity contribution in [2.24, 2.45) is 0 Å². The van der Waals surface area contributed by atoms with Crippen LogP contribution in [0.5, 0.6) is 0 Å². The van der Waals surface area contributed by atoms with Gasteiger partial charge in [-0.2, -0.15) is 0 Å². The molecule has 2 N–H and O–H groups in total. The molecule has 2 fully saturated rings. The van der Waals surface area contributed by atoms with Crippen molar-refractivity contribution in [2.75, 3.05) is 26.2 Å². The lowest BCUT2D eigenvalue weighted by atomic mass is 10.2. The zero-order chi connectivity index (χ0) is 11.5. The molecule has 94 valence electrons. The smallest absolute Gasteiger partial charge is 0.0791 e. The molecule has 3 unspecified atom stereocenters. The highest BCUT2D eigenvalue weighted by Crippen LogP contribution is 2.26. The first-order valence-electron chi connectivity index (χ1n) is 6.42. The quantitative estimate of drug-likeness (QED) is 0.706. The topological polar surface area (TPSA) is 44.7 Å². The van der Waals surface area contributed by atoms with Crippen molar-refractivity contribution in [1.82, 2.24) is 10.2 Å². The maximum absolute atomic E-state index is 9.90. The van der Waals surface area contributed by atoms with E-state index in [9.17, 15) is 5.11 Å². The summed E-state index contributed by atoms with van der Waals surface area (Å²) in [7, 11) is 0. The van der Waals surface area contributed by atoms with Gasteiger partial charge in [0.15, 0.2) is 0 Å². The maximum Gasteiger partial charge on any atom is 0.0791 e. The molecule has 2 bridgehead atoms. The van der Waals surface area contributed by atoms with Gasteiger partial charge in [0.1, 0.15) is 0 Å². The maximum atomic E-state index is 9.90. The zero-order valence-corrected chi connectivity index (χ0v) is 10.4. The minimum absolute atomic E-state index is 0.264. The fourth-order valence-electron chi connectivity index (χ4n) is 2.58. The number of hydrogen-bond acceptors (Lipinski definition) is 4. The Hall–Kier alpha value is -0.160. The van der Waals surface area contributed by atoms with Gasteiger partial charge < -0.3 is 15.2 Å². The highest BCUT2D eigenvalue weighted by atomic mass is 16.5. The summed E-state index contributed by atoms with van der Waals surface area (Å²) in [5.41, 5.74) is 0. The van der Waals surface area contributed by atoms with Crippen molar-refractivity contribution in [1.29, 1.82) is 0 Å². The van der Waals surface area contributed by atoms with Crippen LogP contribution in [0.2, 0.25) is 0 Å². The van der Waals surface area contributed by atoms with E-state index in [4.69, 9.17) is 4.74 Å². The minimum Gasteiger partial charge on any atom is -0.390 e. The number of nitrogens with zero attached hydrogens (tertiary/aromatic N) is 1. The van der Waals surface area contributed by atoms with Crippen LogP contribution in [0.3, 0.4) is 0 Å². The summed E-state index contributed by atoms with van der Waals surface area (Å²) < 4.78 is 5.77. The van der Waals surface area contributed by atoms with Gasteiger partial charge in [-0.15, -0.1) is 0 Å². The first-order chi connectivity index (χ1) is 7.63. The van der Waals surface area contributed by atoms with Crippen molar-refractivity contribution in [3.63, 3.8) is 0 Å². The van der Waals surface area contributed by atoms with E-state index >= 15 is 0 Å². The lowest BCUT2D eigenvalue weighted by molar-refractivity contribution is -0.0492. The van der Waals surface area contributed by atoms with E-state index in [1.807, 2.05) is 0 Å². The number of morpholine rings is 1. The number of rotatable bonds is 5. The van der Waals surface area contributed by atoms with Crippen molar-refractivity contribution in [3.05, 3.63) is 0 Å². The molecule has 3 atom stereocenters. The van der Waals surface area contributed by atoms with Crippen LogP contribution >= 0.6 is 0 Å². The normalized spacial score (nSPS) is 32.2. The summed E-state index contributed by atoms with van der Waals surface area (Å²) in [6.07, 6.45) is 2.97. The summed E-state index contributed by atoms with van der Waals surface area (Å²) >= 11 is 0. The molecule has 0 radical (unpaired) electrons. The Morgan fingerprint density at radius 1 is 1.31 bits per heavy atom. The molecule has 4 nitrogen and oxygen atoms in total. The fourth-order valence-corrected chi connectivity index (χ4v) is 2.58. The van der Waals surface area contributed by atoms with Crippen molar-refractivity contribution in [3.8, 4) is 0 Å². The van der Waals surface area contributed by atoms with E-state index in [0.29, 0.717) is 24.8 Å². The first kappa shape index (κ1) is 12.3. The summed E-state index contributed by atoms with van der Waals surface area (Å²) in [5, 5.41) is 13.2. The van der Waals surface area contributed by atoms with Gasteiger partial charge in [-0.3, -0.25) is 4.90 Å². The molecule has 0 aromatic heterocycles. The van der Waals surface area contributed by atoms with Crippen LogP contribution in [0.4, 0.5) is 0 Å². The molecule has 16 heavy (non-hydrogen) atoms. The predicted octanol–water partition coefficient (Wildman–Crippen LogP) is 0.209. The molecule has 2 aliphatic rings. The average molecular weight is 228 g/mol. The summed E-state index contributed by atoms with van der Waals surface area (Å²) in [4.78, 5) is 2.35. The number of likely N-dealkylation sites (tertiary alicyclic amines) is 1. The van der Waals surface area contributed by atoms with Gasteiger partial charge in [0.05, 0.1) is 18.3 Å². The molecular weight excluding hydrogens is 204 g/mol. The van der Waals surface area contributed by atoms with Gasteiger partial charge in [-0.25, -0.2) is 0 Å². The Kier molecular flexibility index (Phi) is 4.19. The van der Waals surface area contributed by atoms with Crippen LogP contribution in [-0.4, -0.2) is 60.5 Å². The largest absolute Gasteiger partial charge is 0.390 e. The first-order valence-corrected chi connectivity index (χ1v) is 6.42. The van der Waals surface area contributed by atoms with E-state index in [-0.39, 0.29) is 6.10 Å². The predicted molar refractivity (Wildman–Crippen MR) is 63.5 cm³/mol. The number of fused-ring (bicyclic) bond motifs is 2. The van der Waals surface area contributed by atoms with Crippen LogP contribution in [0.25, 0.3) is 0 Å². The van der Waals surface area contributed by atoms with Gasteiger partial charge in [-0.05, 0) is 12.8 Å². The molecule has 2 aliphatic heterocycles. The number of aliphatic hydroxyl groups excluding tert-OH is 1. The minimum atomic E-state index is -0.264. The molecule has 0 aromatic carbocycles. The average Bonchev–Trinajstić information content (AvgIpc) is 2.55. The van der Waals surface area contributed by atoms with Gasteiger partial charge >= 0.3 is 0 Å². The molecule has 2 heterocycles. The van der Waals surface area contributed by atoms with Gasteiger partial charge in [-0.1, -0.05) is 13.8 Å². The second kappa shape index (κ2) is 5.45. The Morgan fingerprint density at radius 2 is 1.94 bits per heavy atom. The lowest BCUT2D eigenvalue weighted by Gasteiger charge is -2.33. The van der Waals surface area contributed by atoms with Crippen molar-refractivity contribution >= 4 is 0 Å². The van der Waals surface area contributed by atoms with Crippen molar-refractivity contribution in [2.45, 2.75) is 51.0 Å². The van der Waals surface area contributed by atoms with Gasteiger partial charge in [0.25, 0.3) is 0 Å². The third-order valence-electron chi connectivity index (χ3n) is 3.35. The van der Waals surface area contributed by atoms with Gasteiger partial charge in [0.2, 0.25) is 0 Å². The number of nitrogens with one attached hydrogen (secondary N) is 1. The number of aliphatic hydroxyl groups is 1. The Morgan fingerprint density at radius 3 is 2.50 bits per heavy atom. The highest BCUT2D eigenvalue weighted by molar-refractivity contribution is 4.85. The highest BCUT2D eigenvalue weighted by Gasteiger charge is 2.33. The summed E-state index contributed by atoms with van der Waals surface area (Å²) in [6.45, 7) is 7.65.